The summed E-state index contributed by atoms with van der Waals surface area (Å²) in [6.45, 7) is 5.83. The third-order valence-electron chi connectivity index (χ3n) is 2.80. The average Bonchev–Trinajstić information content (AvgIpc) is 2.26. The van der Waals surface area contributed by atoms with E-state index in [9.17, 15) is 9.59 Å². The zero-order chi connectivity index (χ0) is 14.6. The summed E-state index contributed by atoms with van der Waals surface area (Å²) in [4.78, 5) is 22.7. The van der Waals surface area contributed by atoms with E-state index in [2.05, 4.69) is 0 Å². The second-order valence-corrected chi connectivity index (χ2v) is 5.69. The number of aliphatic carboxylic acids is 1. The average molecular weight is 281 g/mol. The fraction of sp³-hybridized carbons (Fsp3) is 0.429. The maximum atomic E-state index is 12.1. The molecule has 0 spiro atoms. The van der Waals surface area contributed by atoms with Crippen molar-refractivity contribution in [2.45, 2.75) is 26.8 Å². The van der Waals surface area contributed by atoms with Gasteiger partial charge < -0.3 is 10.8 Å². The van der Waals surface area contributed by atoms with E-state index in [-0.39, 0.29) is 17.3 Å². The van der Waals surface area contributed by atoms with Crippen molar-refractivity contribution in [1.82, 2.24) is 0 Å². The smallest absolute Gasteiger partial charge is 0.321 e. The molecule has 104 valence electrons. The third-order valence-corrected chi connectivity index (χ3v) is 3.86. The van der Waals surface area contributed by atoms with Crippen molar-refractivity contribution in [3.05, 3.63) is 34.4 Å². The van der Waals surface area contributed by atoms with E-state index in [1.165, 1.54) is 11.8 Å². The Balaban J connectivity index is 2.67. The molecule has 1 atom stereocenters. The molecular weight excluding hydrogens is 262 g/mol. The van der Waals surface area contributed by atoms with Crippen LogP contribution in [-0.2, 0) is 4.79 Å². The Morgan fingerprint density at radius 2 is 1.79 bits per heavy atom. The molecule has 0 saturated heterocycles. The lowest BCUT2D eigenvalue weighted by atomic mass is 9.97. The number of hydrogen-bond donors (Lipinski definition) is 2. The number of nitrogens with two attached hydrogens (primary N) is 1. The highest BCUT2D eigenvalue weighted by Gasteiger charge is 2.15. The molecule has 0 unspecified atom stereocenters. The molecular formula is C14H19NO3S. The number of aryl methyl sites for hydroxylation is 3. The Labute approximate surface area is 117 Å². The standard InChI is InChI=1S/C14H19NO3S/c1-8-4-9(2)13(10(3)5-8)12(16)7-19-6-11(15)14(17)18/h4-5,11H,6-7,15H2,1-3H3,(H,17,18)/t11-/m0/s1. The minimum absolute atomic E-state index is 0.0255. The van der Waals surface area contributed by atoms with Gasteiger partial charge in [0.05, 0.1) is 5.75 Å². The van der Waals surface area contributed by atoms with Gasteiger partial charge in [-0.05, 0) is 31.9 Å². The molecule has 1 aromatic rings. The predicted octanol–water partition coefficient (Wildman–Crippen LogP) is 1.94. The number of thioether (sulfide) groups is 1. The first-order valence-electron chi connectivity index (χ1n) is 6.00. The van der Waals surface area contributed by atoms with Crippen LogP contribution in [0, 0.1) is 20.8 Å². The van der Waals surface area contributed by atoms with E-state index >= 15 is 0 Å². The predicted molar refractivity (Wildman–Crippen MR) is 77.9 cm³/mol. The van der Waals surface area contributed by atoms with Gasteiger partial charge in [0, 0.05) is 11.3 Å². The summed E-state index contributed by atoms with van der Waals surface area (Å²) in [5.41, 5.74) is 9.19. The van der Waals surface area contributed by atoms with E-state index in [0.717, 1.165) is 22.3 Å². The highest BCUT2D eigenvalue weighted by Crippen LogP contribution is 2.19. The molecule has 19 heavy (non-hydrogen) atoms. The largest absolute Gasteiger partial charge is 0.480 e. The molecule has 0 saturated carbocycles. The molecule has 0 amide bonds. The minimum atomic E-state index is -1.04. The number of Topliss-reactive ketones (excluding diaryl/α,β-unsaturated/α-hetero) is 1. The fourth-order valence-corrected chi connectivity index (χ4v) is 2.89. The number of carbonyl (C=O) groups is 2. The molecule has 1 rings (SSSR count). The molecule has 0 aromatic heterocycles. The van der Waals surface area contributed by atoms with Gasteiger partial charge >= 0.3 is 5.97 Å². The van der Waals surface area contributed by atoms with Gasteiger partial charge in [-0.2, -0.15) is 11.8 Å². The van der Waals surface area contributed by atoms with Crippen LogP contribution < -0.4 is 5.73 Å². The highest BCUT2D eigenvalue weighted by molar-refractivity contribution is 8.00. The highest BCUT2D eigenvalue weighted by atomic mass is 32.2. The van der Waals surface area contributed by atoms with Crippen LogP contribution >= 0.6 is 11.8 Å². The van der Waals surface area contributed by atoms with Crippen molar-refractivity contribution < 1.29 is 14.7 Å². The maximum absolute atomic E-state index is 12.1. The van der Waals surface area contributed by atoms with Gasteiger partial charge in [-0.25, -0.2) is 0 Å². The molecule has 0 aliphatic rings. The van der Waals surface area contributed by atoms with Crippen molar-refractivity contribution in [2.75, 3.05) is 11.5 Å². The van der Waals surface area contributed by atoms with E-state index in [1.54, 1.807) is 0 Å². The fourth-order valence-electron chi connectivity index (χ4n) is 2.04. The second kappa shape index (κ2) is 6.73. The zero-order valence-electron chi connectivity index (χ0n) is 11.4. The SMILES string of the molecule is Cc1cc(C)c(C(=O)CSC[C@H](N)C(=O)O)c(C)c1. The number of carbonyl (C=O) groups excluding carboxylic acids is 1. The van der Waals surface area contributed by atoms with Crippen LogP contribution in [0.5, 0.6) is 0 Å². The Bertz CT molecular complexity index is 476. The van der Waals surface area contributed by atoms with Gasteiger partial charge in [-0.3, -0.25) is 9.59 Å². The molecule has 0 aliphatic heterocycles. The first-order chi connectivity index (χ1) is 8.82. The summed E-state index contributed by atoms with van der Waals surface area (Å²) in [6.07, 6.45) is 0. The lowest BCUT2D eigenvalue weighted by molar-refractivity contribution is -0.137. The lowest BCUT2D eigenvalue weighted by Crippen LogP contribution is -2.32. The topological polar surface area (TPSA) is 80.4 Å². The van der Waals surface area contributed by atoms with E-state index < -0.39 is 12.0 Å². The Morgan fingerprint density at radius 3 is 2.26 bits per heavy atom. The summed E-state index contributed by atoms with van der Waals surface area (Å²) >= 11 is 1.26. The normalized spacial score (nSPS) is 12.2. The number of hydrogen-bond acceptors (Lipinski definition) is 4. The van der Waals surface area contributed by atoms with Gasteiger partial charge in [-0.15, -0.1) is 0 Å². The van der Waals surface area contributed by atoms with Gasteiger partial charge in [0.1, 0.15) is 6.04 Å². The zero-order valence-corrected chi connectivity index (χ0v) is 12.2. The van der Waals surface area contributed by atoms with E-state index in [4.69, 9.17) is 10.8 Å². The molecule has 1 aromatic carbocycles. The van der Waals surface area contributed by atoms with Gasteiger partial charge in [0.25, 0.3) is 0 Å². The molecule has 4 nitrogen and oxygen atoms in total. The second-order valence-electron chi connectivity index (χ2n) is 4.66. The number of ketones is 1. The first-order valence-corrected chi connectivity index (χ1v) is 7.15. The monoisotopic (exact) mass is 281 g/mol. The number of carboxylic acid groups (broad SMARTS) is 1. The van der Waals surface area contributed by atoms with Crippen molar-refractivity contribution in [3.8, 4) is 0 Å². The minimum Gasteiger partial charge on any atom is -0.480 e. The van der Waals surface area contributed by atoms with Crippen LogP contribution in [0.4, 0.5) is 0 Å². The van der Waals surface area contributed by atoms with Gasteiger partial charge in [0.2, 0.25) is 0 Å². The summed E-state index contributed by atoms with van der Waals surface area (Å²) < 4.78 is 0. The molecule has 0 fully saturated rings. The number of rotatable bonds is 6. The quantitative estimate of drug-likeness (QED) is 0.779. The van der Waals surface area contributed by atoms with Crippen LogP contribution in [0.15, 0.2) is 12.1 Å². The van der Waals surface area contributed by atoms with Crippen molar-refractivity contribution >= 4 is 23.5 Å². The van der Waals surface area contributed by atoms with Gasteiger partial charge in [-0.1, -0.05) is 17.7 Å². The Kier molecular flexibility index (Phi) is 5.57. The molecule has 0 radical (unpaired) electrons. The third kappa shape index (κ3) is 4.36. The van der Waals surface area contributed by atoms with Crippen LogP contribution in [0.2, 0.25) is 0 Å². The van der Waals surface area contributed by atoms with Crippen molar-refractivity contribution in [1.29, 1.82) is 0 Å². The van der Waals surface area contributed by atoms with Crippen LogP contribution in [0.25, 0.3) is 0 Å². The lowest BCUT2D eigenvalue weighted by Gasteiger charge is -2.11. The summed E-state index contributed by atoms with van der Waals surface area (Å²) in [5.74, 6) is -0.517. The first kappa shape index (κ1) is 15.7. The number of carboxylic acids is 1. The molecule has 0 heterocycles. The summed E-state index contributed by atoms with van der Waals surface area (Å²) in [7, 11) is 0. The Morgan fingerprint density at radius 1 is 1.26 bits per heavy atom. The molecule has 0 aliphatic carbocycles. The molecule has 3 N–H and O–H groups in total. The van der Waals surface area contributed by atoms with E-state index in [1.807, 2.05) is 32.9 Å². The Hall–Kier alpha value is -1.33. The van der Waals surface area contributed by atoms with Crippen LogP contribution in [-0.4, -0.2) is 34.4 Å². The number of benzene rings is 1. The summed E-state index contributed by atoms with van der Waals surface area (Å²) in [6, 6.07) is 3.04. The molecule has 5 heteroatoms. The van der Waals surface area contributed by atoms with Crippen molar-refractivity contribution in [3.63, 3.8) is 0 Å². The maximum Gasteiger partial charge on any atom is 0.321 e. The molecule has 0 bridgehead atoms. The van der Waals surface area contributed by atoms with E-state index in [0.29, 0.717) is 0 Å². The van der Waals surface area contributed by atoms with Crippen LogP contribution in [0.3, 0.4) is 0 Å². The summed E-state index contributed by atoms with van der Waals surface area (Å²) in [5, 5.41) is 8.66. The van der Waals surface area contributed by atoms with Crippen molar-refractivity contribution in [2.24, 2.45) is 5.73 Å². The van der Waals surface area contributed by atoms with Crippen LogP contribution in [0.1, 0.15) is 27.0 Å². The van der Waals surface area contributed by atoms with Gasteiger partial charge in [0.15, 0.2) is 5.78 Å².